The first-order chi connectivity index (χ1) is 10.1. The van der Waals surface area contributed by atoms with E-state index in [0.29, 0.717) is 12.6 Å². The van der Waals surface area contributed by atoms with E-state index in [1.165, 1.54) is 16.8 Å². The molecular formula is C16H24N4O. The highest BCUT2D eigenvalue weighted by Crippen LogP contribution is 2.24. The Kier molecular flexibility index (Phi) is 4.01. The molecule has 2 N–H and O–H groups in total. The average molecular weight is 288 g/mol. The van der Waals surface area contributed by atoms with Crippen molar-refractivity contribution in [2.75, 3.05) is 44.2 Å². The van der Waals surface area contributed by atoms with Crippen molar-refractivity contribution < 1.29 is 4.74 Å². The number of aryl methyl sites for hydroxylation is 1. The summed E-state index contributed by atoms with van der Waals surface area (Å²) in [6.07, 6.45) is 0.136. The molecule has 1 aromatic rings. The number of ether oxygens (including phenoxy) is 1. The Balaban J connectivity index is 1.54. The first kappa shape index (κ1) is 14.2. The fourth-order valence-electron chi connectivity index (χ4n) is 3.07. The molecule has 0 amide bonds. The van der Waals surface area contributed by atoms with Gasteiger partial charge in [0.05, 0.1) is 6.54 Å². The van der Waals surface area contributed by atoms with Crippen molar-refractivity contribution >= 4 is 11.7 Å². The molecule has 114 valence electrons. The van der Waals surface area contributed by atoms with Crippen molar-refractivity contribution in [1.29, 1.82) is 0 Å². The molecule has 0 aliphatic carbocycles. The number of anilines is 1. The highest BCUT2D eigenvalue weighted by atomic mass is 16.5. The van der Waals surface area contributed by atoms with E-state index in [-0.39, 0.29) is 6.10 Å². The van der Waals surface area contributed by atoms with Crippen LogP contribution >= 0.6 is 0 Å². The minimum absolute atomic E-state index is 0.136. The summed E-state index contributed by atoms with van der Waals surface area (Å²) in [5, 5.41) is 0. The standard InChI is InChI=1S/C16H24N4O/c1-12-4-3-5-15(13(12)2)20-8-6-19(7-9-20)11-14-10-18-16(17)21-14/h3-5,14H,6-11H2,1-2H3,(H2,17,18). The van der Waals surface area contributed by atoms with E-state index in [9.17, 15) is 0 Å². The smallest absolute Gasteiger partial charge is 0.282 e. The number of benzene rings is 1. The lowest BCUT2D eigenvalue weighted by Crippen LogP contribution is -2.49. The van der Waals surface area contributed by atoms with Crippen LogP contribution in [0.5, 0.6) is 0 Å². The summed E-state index contributed by atoms with van der Waals surface area (Å²) in [7, 11) is 0. The molecular weight excluding hydrogens is 264 g/mol. The number of rotatable bonds is 3. The molecule has 1 atom stereocenters. The van der Waals surface area contributed by atoms with Crippen LogP contribution in [0.25, 0.3) is 0 Å². The monoisotopic (exact) mass is 288 g/mol. The third-order valence-corrected chi connectivity index (χ3v) is 4.49. The van der Waals surface area contributed by atoms with Gasteiger partial charge in [-0.1, -0.05) is 12.1 Å². The molecule has 0 radical (unpaired) electrons. The van der Waals surface area contributed by atoms with E-state index in [1.807, 2.05) is 0 Å². The molecule has 21 heavy (non-hydrogen) atoms. The van der Waals surface area contributed by atoms with Crippen molar-refractivity contribution in [2.45, 2.75) is 20.0 Å². The number of hydrogen-bond donors (Lipinski definition) is 1. The fourth-order valence-corrected chi connectivity index (χ4v) is 3.07. The minimum Gasteiger partial charge on any atom is -0.459 e. The van der Waals surface area contributed by atoms with E-state index < -0.39 is 0 Å². The predicted molar refractivity (Wildman–Crippen MR) is 85.9 cm³/mol. The molecule has 5 heteroatoms. The summed E-state index contributed by atoms with van der Waals surface area (Å²) >= 11 is 0. The minimum atomic E-state index is 0.136. The van der Waals surface area contributed by atoms with Crippen LogP contribution in [0.1, 0.15) is 11.1 Å². The predicted octanol–water partition coefficient (Wildman–Crippen LogP) is 1.14. The maximum absolute atomic E-state index is 5.56. The molecule has 1 aromatic carbocycles. The topological polar surface area (TPSA) is 54.1 Å². The summed E-state index contributed by atoms with van der Waals surface area (Å²) in [5.41, 5.74) is 9.69. The summed E-state index contributed by atoms with van der Waals surface area (Å²) in [6.45, 7) is 10.3. The second-order valence-corrected chi connectivity index (χ2v) is 5.93. The van der Waals surface area contributed by atoms with Gasteiger partial charge < -0.3 is 15.4 Å². The van der Waals surface area contributed by atoms with Crippen LogP contribution in [0.2, 0.25) is 0 Å². The maximum Gasteiger partial charge on any atom is 0.282 e. The lowest BCUT2D eigenvalue weighted by molar-refractivity contribution is 0.139. The van der Waals surface area contributed by atoms with Gasteiger partial charge in [-0.15, -0.1) is 0 Å². The number of hydrogen-bond acceptors (Lipinski definition) is 5. The zero-order chi connectivity index (χ0) is 14.8. The van der Waals surface area contributed by atoms with Crippen LogP contribution in [-0.4, -0.2) is 56.3 Å². The van der Waals surface area contributed by atoms with Gasteiger partial charge in [0.1, 0.15) is 6.10 Å². The Morgan fingerprint density at radius 3 is 2.67 bits per heavy atom. The van der Waals surface area contributed by atoms with Gasteiger partial charge in [-0.25, -0.2) is 4.99 Å². The number of piperazine rings is 1. The van der Waals surface area contributed by atoms with Crippen LogP contribution in [0.4, 0.5) is 5.69 Å². The molecule has 1 unspecified atom stereocenters. The van der Waals surface area contributed by atoms with Crippen LogP contribution in [-0.2, 0) is 4.74 Å². The third-order valence-electron chi connectivity index (χ3n) is 4.49. The Morgan fingerprint density at radius 2 is 2.00 bits per heavy atom. The van der Waals surface area contributed by atoms with E-state index >= 15 is 0 Å². The van der Waals surface area contributed by atoms with Crippen molar-refractivity contribution in [3.8, 4) is 0 Å². The molecule has 5 nitrogen and oxygen atoms in total. The lowest BCUT2D eigenvalue weighted by Gasteiger charge is -2.37. The van der Waals surface area contributed by atoms with Crippen molar-refractivity contribution in [1.82, 2.24) is 4.90 Å². The van der Waals surface area contributed by atoms with Gasteiger partial charge in [0.15, 0.2) is 0 Å². The molecule has 0 saturated carbocycles. The molecule has 2 aliphatic rings. The molecule has 0 spiro atoms. The van der Waals surface area contributed by atoms with Gasteiger partial charge in [-0.2, -0.15) is 0 Å². The van der Waals surface area contributed by atoms with Crippen molar-refractivity contribution in [3.05, 3.63) is 29.3 Å². The highest BCUT2D eigenvalue weighted by Gasteiger charge is 2.24. The van der Waals surface area contributed by atoms with E-state index in [2.05, 4.69) is 46.8 Å². The highest BCUT2D eigenvalue weighted by molar-refractivity contribution is 5.73. The van der Waals surface area contributed by atoms with Gasteiger partial charge in [0.25, 0.3) is 6.02 Å². The Labute approximate surface area is 126 Å². The van der Waals surface area contributed by atoms with Gasteiger partial charge in [0, 0.05) is 38.4 Å². The van der Waals surface area contributed by atoms with Gasteiger partial charge in [0.2, 0.25) is 0 Å². The first-order valence-electron chi connectivity index (χ1n) is 7.63. The normalized spacial score (nSPS) is 23.0. The number of aliphatic imine (C=N–C) groups is 1. The average Bonchev–Trinajstić information content (AvgIpc) is 2.88. The van der Waals surface area contributed by atoms with Gasteiger partial charge >= 0.3 is 0 Å². The SMILES string of the molecule is Cc1cccc(N2CCN(CC3CN=C(N)O3)CC2)c1C. The largest absolute Gasteiger partial charge is 0.459 e. The fraction of sp³-hybridized carbons (Fsp3) is 0.562. The number of amidine groups is 1. The summed E-state index contributed by atoms with van der Waals surface area (Å²) in [6, 6.07) is 6.90. The maximum atomic E-state index is 5.56. The van der Waals surface area contributed by atoms with E-state index in [0.717, 1.165) is 32.7 Å². The van der Waals surface area contributed by atoms with Crippen molar-refractivity contribution in [3.63, 3.8) is 0 Å². The molecule has 2 heterocycles. The van der Waals surface area contributed by atoms with Crippen LogP contribution in [0.15, 0.2) is 23.2 Å². The molecule has 1 fully saturated rings. The first-order valence-corrected chi connectivity index (χ1v) is 7.63. The van der Waals surface area contributed by atoms with Gasteiger partial charge in [-0.05, 0) is 31.0 Å². The molecule has 2 aliphatic heterocycles. The lowest BCUT2D eigenvalue weighted by atomic mass is 10.1. The Hall–Kier alpha value is -1.75. The Morgan fingerprint density at radius 1 is 1.24 bits per heavy atom. The van der Waals surface area contributed by atoms with E-state index in [4.69, 9.17) is 10.5 Å². The summed E-state index contributed by atoms with van der Waals surface area (Å²) in [4.78, 5) is 9.03. The zero-order valence-corrected chi connectivity index (χ0v) is 12.9. The van der Waals surface area contributed by atoms with Crippen molar-refractivity contribution in [2.24, 2.45) is 10.7 Å². The number of nitrogens with zero attached hydrogens (tertiary/aromatic N) is 3. The van der Waals surface area contributed by atoms with Gasteiger partial charge in [-0.3, -0.25) is 4.90 Å². The second-order valence-electron chi connectivity index (χ2n) is 5.93. The Bertz CT molecular complexity index is 535. The van der Waals surface area contributed by atoms with Crippen LogP contribution in [0.3, 0.4) is 0 Å². The summed E-state index contributed by atoms with van der Waals surface area (Å²) < 4.78 is 5.48. The second kappa shape index (κ2) is 5.93. The molecule has 0 aromatic heterocycles. The molecule has 1 saturated heterocycles. The third kappa shape index (κ3) is 3.13. The molecule has 3 rings (SSSR count). The van der Waals surface area contributed by atoms with Crippen LogP contribution < -0.4 is 10.6 Å². The van der Waals surface area contributed by atoms with Crippen LogP contribution in [0, 0.1) is 13.8 Å². The zero-order valence-electron chi connectivity index (χ0n) is 12.9. The van der Waals surface area contributed by atoms with E-state index in [1.54, 1.807) is 0 Å². The quantitative estimate of drug-likeness (QED) is 0.906. The molecule has 0 bridgehead atoms. The number of nitrogens with two attached hydrogens (primary N) is 1. The summed E-state index contributed by atoms with van der Waals surface area (Å²) in [5.74, 6) is 0.